The van der Waals surface area contributed by atoms with Crippen molar-refractivity contribution in [2.24, 2.45) is 5.73 Å². The van der Waals surface area contributed by atoms with Gasteiger partial charge in [-0.15, -0.1) is 0 Å². The van der Waals surface area contributed by atoms with Gasteiger partial charge in [0.15, 0.2) is 11.5 Å². The third kappa shape index (κ3) is 2.73. The van der Waals surface area contributed by atoms with E-state index in [-0.39, 0.29) is 6.04 Å². The van der Waals surface area contributed by atoms with Crippen LogP contribution < -0.4 is 15.2 Å². The van der Waals surface area contributed by atoms with Crippen molar-refractivity contribution in [2.45, 2.75) is 19.9 Å². The van der Waals surface area contributed by atoms with E-state index < -0.39 is 0 Å². The van der Waals surface area contributed by atoms with Crippen LogP contribution in [0.25, 0.3) is 6.08 Å². The second-order valence-electron chi connectivity index (χ2n) is 4.20. The highest BCUT2D eigenvalue weighted by Gasteiger charge is 2.16. The maximum Gasteiger partial charge on any atom is 0.179 e. The summed E-state index contributed by atoms with van der Waals surface area (Å²) in [6.45, 7) is 5.05. The molecule has 0 radical (unpaired) electrons. The topological polar surface area (TPSA) is 44.5 Å². The van der Waals surface area contributed by atoms with Crippen molar-refractivity contribution < 1.29 is 9.47 Å². The van der Waals surface area contributed by atoms with Crippen LogP contribution in [0, 0.1) is 0 Å². The lowest BCUT2D eigenvalue weighted by Crippen LogP contribution is -2.16. The molecule has 0 fully saturated rings. The van der Waals surface area contributed by atoms with E-state index in [2.05, 4.69) is 0 Å². The molecule has 0 amide bonds. The summed E-state index contributed by atoms with van der Waals surface area (Å²) < 4.78 is 11.0. The molecular formula is C13H16ClNO2. The van der Waals surface area contributed by atoms with E-state index >= 15 is 0 Å². The molecule has 1 aliphatic heterocycles. The van der Waals surface area contributed by atoms with Crippen molar-refractivity contribution in [3.63, 3.8) is 0 Å². The van der Waals surface area contributed by atoms with Gasteiger partial charge in [-0.1, -0.05) is 23.3 Å². The highest BCUT2D eigenvalue weighted by Crippen LogP contribution is 2.38. The Kier molecular flexibility index (Phi) is 3.60. The van der Waals surface area contributed by atoms with Gasteiger partial charge in [0.1, 0.15) is 13.2 Å². The summed E-state index contributed by atoms with van der Waals surface area (Å²) in [5.41, 5.74) is 7.88. The number of benzene rings is 1. The van der Waals surface area contributed by atoms with Crippen molar-refractivity contribution in [1.29, 1.82) is 0 Å². The third-order valence-corrected chi connectivity index (χ3v) is 3.01. The molecule has 2 rings (SSSR count). The van der Waals surface area contributed by atoms with E-state index in [4.69, 9.17) is 26.8 Å². The summed E-state index contributed by atoms with van der Waals surface area (Å²) in [6, 6.07) is 3.81. The van der Waals surface area contributed by atoms with Gasteiger partial charge in [-0.05, 0) is 31.5 Å². The number of hydrogen-bond acceptors (Lipinski definition) is 3. The quantitative estimate of drug-likeness (QED) is 0.882. The summed E-state index contributed by atoms with van der Waals surface area (Å²) in [5, 5.41) is 0.575. The predicted octanol–water partition coefficient (Wildman–Crippen LogP) is 2.86. The standard InChI is InChI=1S/C13H16ClNO2/c1-8(9(2)15)5-10-6-11(14)13-12(7-10)16-3-4-17-13/h5-7,9H,3-4,15H2,1-2H3/b8-5+. The zero-order chi connectivity index (χ0) is 12.4. The number of halogens is 1. The van der Waals surface area contributed by atoms with Crippen molar-refractivity contribution in [2.75, 3.05) is 13.2 Å². The van der Waals surface area contributed by atoms with Gasteiger partial charge < -0.3 is 15.2 Å². The Morgan fingerprint density at radius 3 is 2.82 bits per heavy atom. The fourth-order valence-corrected chi connectivity index (χ4v) is 1.88. The van der Waals surface area contributed by atoms with Gasteiger partial charge in [-0.25, -0.2) is 0 Å². The van der Waals surface area contributed by atoms with Crippen LogP contribution in [0.4, 0.5) is 0 Å². The van der Waals surface area contributed by atoms with E-state index in [1.165, 1.54) is 0 Å². The molecule has 1 atom stereocenters. The first kappa shape index (κ1) is 12.3. The van der Waals surface area contributed by atoms with Crippen molar-refractivity contribution >= 4 is 17.7 Å². The molecule has 92 valence electrons. The molecule has 0 bridgehead atoms. The highest BCUT2D eigenvalue weighted by atomic mass is 35.5. The minimum atomic E-state index is 0.0296. The molecule has 0 saturated carbocycles. The van der Waals surface area contributed by atoms with Crippen molar-refractivity contribution in [1.82, 2.24) is 0 Å². The number of fused-ring (bicyclic) bond motifs is 1. The first-order valence-corrected chi connectivity index (χ1v) is 5.98. The number of rotatable bonds is 2. The van der Waals surface area contributed by atoms with Crippen LogP contribution in [-0.4, -0.2) is 19.3 Å². The van der Waals surface area contributed by atoms with Crippen molar-refractivity contribution in [3.8, 4) is 11.5 Å². The first-order valence-electron chi connectivity index (χ1n) is 5.61. The maximum atomic E-state index is 6.14. The first-order chi connectivity index (χ1) is 8.08. The molecule has 0 aromatic heterocycles. The maximum absolute atomic E-state index is 6.14. The van der Waals surface area contributed by atoms with Crippen LogP contribution in [0.15, 0.2) is 17.7 Å². The average molecular weight is 254 g/mol. The Morgan fingerprint density at radius 2 is 2.12 bits per heavy atom. The molecule has 17 heavy (non-hydrogen) atoms. The van der Waals surface area contributed by atoms with E-state index in [0.717, 1.165) is 11.1 Å². The Morgan fingerprint density at radius 1 is 1.41 bits per heavy atom. The predicted molar refractivity (Wildman–Crippen MR) is 69.7 cm³/mol. The molecule has 1 aromatic rings. The van der Waals surface area contributed by atoms with E-state index in [1.54, 1.807) is 0 Å². The van der Waals surface area contributed by atoms with Gasteiger partial charge in [0.05, 0.1) is 5.02 Å². The Bertz CT molecular complexity index is 455. The molecule has 1 aromatic carbocycles. The molecule has 0 aliphatic carbocycles. The van der Waals surface area contributed by atoms with E-state index in [1.807, 2.05) is 32.1 Å². The molecule has 0 spiro atoms. The molecule has 3 nitrogen and oxygen atoms in total. The summed E-state index contributed by atoms with van der Waals surface area (Å²) in [5.74, 6) is 1.33. The van der Waals surface area contributed by atoms with Crippen LogP contribution in [0.3, 0.4) is 0 Å². The van der Waals surface area contributed by atoms with Gasteiger partial charge >= 0.3 is 0 Å². The molecule has 0 saturated heterocycles. The molecule has 2 N–H and O–H groups in total. The molecule has 1 unspecified atom stereocenters. The summed E-state index contributed by atoms with van der Waals surface area (Å²) >= 11 is 6.14. The van der Waals surface area contributed by atoms with Crippen LogP contribution in [0.5, 0.6) is 11.5 Å². The number of nitrogens with two attached hydrogens (primary N) is 1. The normalized spacial score (nSPS) is 16.8. The Labute approximate surface area is 106 Å². The molecule has 1 aliphatic rings. The van der Waals surface area contributed by atoms with Gasteiger partial charge in [0.25, 0.3) is 0 Å². The largest absolute Gasteiger partial charge is 0.486 e. The Hall–Kier alpha value is -1.19. The smallest absolute Gasteiger partial charge is 0.179 e. The van der Waals surface area contributed by atoms with Gasteiger partial charge in [-0.3, -0.25) is 0 Å². The minimum Gasteiger partial charge on any atom is -0.486 e. The highest BCUT2D eigenvalue weighted by molar-refractivity contribution is 6.32. The fourth-order valence-electron chi connectivity index (χ4n) is 1.61. The molecule has 4 heteroatoms. The van der Waals surface area contributed by atoms with Gasteiger partial charge in [0.2, 0.25) is 0 Å². The van der Waals surface area contributed by atoms with E-state index in [0.29, 0.717) is 29.7 Å². The lowest BCUT2D eigenvalue weighted by molar-refractivity contribution is 0.171. The number of ether oxygens (including phenoxy) is 2. The van der Waals surface area contributed by atoms with Crippen LogP contribution in [-0.2, 0) is 0 Å². The van der Waals surface area contributed by atoms with E-state index in [9.17, 15) is 0 Å². The lowest BCUT2D eigenvalue weighted by atomic mass is 10.1. The van der Waals surface area contributed by atoms with Gasteiger partial charge in [0, 0.05) is 6.04 Å². The summed E-state index contributed by atoms with van der Waals surface area (Å²) in [7, 11) is 0. The molecular weight excluding hydrogens is 238 g/mol. The summed E-state index contributed by atoms with van der Waals surface area (Å²) in [6.07, 6.45) is 2.01. The number of hydrogen-bond donors (Lipinski definition) is 1. The second kappa shape index (κ2) is 4.98. The zero-order valence-electron chi connectivity index (χ0n) is 10.00. The Balaban J connectivity index is 2.37. The minimum absolute atomic E-state index is 0.0296. The van der Waals surface area contributed by atoms with Crippen LogP contribution >= 0.6 is 11.6 Å². The zero-order valence-corrected chi connectivity index (χ0v) is 10.8. The van der Waals surface area contributed by atoms with Crippen LogP contribution in [0.2, 0.25) is 5.02 Å². The molecule has 1 heterocycles. The van der Waals surface area contributed by atoms with Gasteiger partial charge in [-0.2, -0.15) is 0 Å². The monoisotopic (exact) mass is 253 g/mol. The second-order valence-corrected chi connectivity index (χ2v) is 4.61. The third-order valence-electron chi connectivity index (χ3n) is 2.73. The lowest BCUT2D eigenvalue weighted by Gasteiger charge is -2.20. The SMILES string of the molecule is C/C(=C\c1cc(Cl)c2c(c1)OCCO2)C(C)N. The fraction of sp³-hybridized carbons (Fsp3) is 0.385. The average Bonchev–Trinajstić information content (AvgIpc) is 2.29. The summed E-state index contributed by atoms with van der Waals surface area (Å²) in [4.78, 5) is 0. The van der Waals surface area contributed by atoms with Crippen LogP contribution in [0.1, 0.15) is 19.4 Å². The van der Waals surface area contributed by atoms with Crippen molar-refractivity contribution in [3.05, 3.63) is 28.3 Å².